The Balaban J connectivity index is 1.64. The zero-order valence-corrected chi connectivity index (χ0v) is 17.2. The van der Waals surface area contributed by atoms with E-state index >= 15 is 0 Å². The third kappa shape index (κ3) is 3.17. The van der Waals surface area contributed by atoms with Crippen molar-refractivity contribution in [3.05, 3.63) is 84.2 Å². The molecule has 0 aliphatic rings. The van der Waals surface area contributed by atoms with Crippen LogP contribution in [0.2, 0.25) is 0 Å². The van der Waals surface area contributed by atoms with Crippen LogP contribution in [0.4, 0.5) is 0 Å². The summed E-state index contributed by atoms with van der Waals surface area (Å²) in [5, 5.41) is 1.67. The first kappa shape index (κ1) is 15.4. The largest absolute Gasteiger partial charge is 0.437 e. The first-order valence-corrected chi connectivity index (χ1v) is 10.0. The SMILES string of the molecule is [2H]C([2H])([2H])c1ccc2c(n1)oc1c(-c3cc(-c4cccc(C(C)(C)C)c4)ccn3)cccc12. The highest BCUT2D eigenvalue weighted by Crippen LogP contribution is 2.36. The van der Waals surface area contributed by atoms with E-state index in [1.165, 1.54) is 11.6 Å². The fraction of sp³-hybridized carbons (Fsp3) is 0.185. The van der Waals surface area contributed by atoms with Crippen LogP contribution in [-0.2, 0) is 5.41 Å². The Kier molecular flexibility index (Phi) is 3.49. The molecule has 148 valence electrons. The van der Waals surface area contributed by atoms with Gasteiger partial charge in [-0.1, -0.05) is 57.2 Å². The van der Waals surface area contributed by atoms with E-state index in [1.54, 1.807) is 12.3 Å². The highest BCUT2D eigenvalue weighted by molar-refractivity contribution is 6.08. The van der Waals surface area contributed by atoms with Crippen molar-refractivity contribution >= 4 is 22.1 Å². The lowest BCUT2D eigenvalue weighted by Gasteiger charge is -2.20. The molecule has 0 unspecified atom stereocenters. The quantitative estimate of drug-likeness (QED) is 0.314. The first-order valence-electron chi connectivity index (χ1n) is 11.5. The molecule has 30 heavy (non-hydrogen) atoms. The molecule has 0 radical (unpaired) electrons. The molecule has 5 aromatic rings. The number of pyridine rings is 2. The highest BCUT2D eigenvalue weighted by Gasteiger charge is 2.16. The fourth-order valence-electron chi connectivity index (χ4n) is 3.80. The van der Waals surface area contributed by atoms with Gasteiger partial charge in [-0.25, -0.2) is 4.98 Å². The average Bonchev–Trinajstić information content (AvgIpc) is 3.16. The van der Waals surface area contributed by atoms with Crippen LogP contribution in [0, 0.1) is 6.85 Å². The summed E-state index contributed by atoms with van der Waals surface area (Å²) >= 11 is 0. The molecule has 0 amide bonds. The van der Waals surface area contributed by atoms with Crippen molar-refractivity contribution in [3.8, 4) is 22.4 Å². The third-order valence-corrected chi connectivity index (χ3v) is 5.46. The van der Waals surface area contributed by atoms with Crippen molar-refractivity contribution < 1.29 is 8.53 Å². The van der Waals surface area contributed by atoms with Gasteiger partial charge in [-0.05, 0) is 59.3 Å². The number of rotatable bonds is 2. The summed E-state index contributed by atoms with van der Waals surface area (Å²) in [6.07, 6.45) is 1.81. The first-order chi connectivity index (χ1) is 15.6. The molecule has 0 atom stereocenters. The number of aromatic nitrogens is 2. The van der Waals surface area contributed by atoms with E-state index < -0.39 is 6.85 Å². The van der Waals surface area contributed by atoms with E-state index in [2.05, 4.69) is 61.1 Å². The summed E-state index contributed by atoms with van der Waals surface area (Å²) in [5.41, 5.74) is 6.16. The maximum atomic E-state index is 7.64. The van der Waals surface area contributed by atoms with Gasteiger partial charge >= 0.3 is 0 Å². The lowest BCUT2D eigenvalue weighted by molar-refractivity contribution is 0.590. The van der Waals surface area contributed by atoms with Gasteiger partial charge in [0, 0.05) is 32.3 Å². The number of furan rings is 1. The van der Waals surface area contributed by atoms with Crippen molar-refractivity contribution in [3.63, 3.8) is 0 Å². The van der Waals surface area contributed by atoms with Crippen molar-refractivity contribution in [1.29, 1.82) is 0 Å². The summed E-state index contributed by atoms with van der Waals surface area (Å²) in [7, 11) is 0. The smallest absolute Gasteiger partial charge is 0.227 e. The Hall–Kier alpha value is -3.46. The van der Waals surface area contributed by atoms with Gasteiger partial charge in [-0.2, -0.15) is 0 Å². The Bertz CT molecular complexity index is 1490. The second kappa shape index (κ2) is 6.81. The van der Waals surface area contributed by atoms with E-state index in [9.17, 15) is 0 Å². The molecule has 3 aromatic heterocycles. The molecule has 0 saturated carbocycles. The van der Waals surface area contributed by atoms with Crippen LogP contribution in [0.25, 0.3) is 44.5 Å². The summed E-state index contributed by atoms with van der Waals surface area (Å²) in [6, 6.07) is 21.8. The van der Waals surface area contributed by atoms with E-state index in [-0.39, 0.29) is 11.1 Å². The molecule has 0 bridgehead atoms. The molecule has 3 nitrogen and oxygen atoms in total. The van der Waals surface area contributed by atoms with Crippen LogP contribution >= 0.6 is 0 Å². The van der Waals surface area contributed by atoms with Crippen molar-refractivity contribution in [1.82, 2.24) is 9.97 Å². The second-order valence-electron chi connectivity index (χ2n) is 8.59. The maximum absolute atomic E-state index is 7.64. The number of aryl methyl sites for hydroxylation is 1. The molecular formula is C27H24N2O. The average molecular weight is 396 g/mol. The predicted molar refractivity (Wildman–Crippen MR) is 124 cm³/mol. The van der Waals surface area contributed by atoms with Crippen LogP contribution in [-0.4, -0.2) is 9.97 Å². The van der Waals surface area contributed by atoms with Gasteiger partial charge in [-0.3, -0.25) is 4.98 Å². The van der Waals surface area contributed by atoms with Gasteiger partial charge < -0.3 is 4.42 Å². The van der Waals surface area contributed by atoms with Crippen molar-refractivity contribution in [2.75, 3.05) is 0 Å². The van der Waals surface area contributed by atoms with Gasteiger partial charge in [0.05, 0.1) is 5.69 Å². The number of para-hydroxylation sites is 1. The Morgan fingerprint density at radius 3 is 2.53 bits per heavy atom. The molecule has 3 heterocycles. The topological polar surface area (TPSA) is 38.9 Å². The Morgan fingerprint density at radius 1 is 0.867 bits per heavy atom. The van der Waals surface area contributed by atoms with Gasteiger partial charge in [-0.15, -0.1) is 0 Å². The van der Waals surface area contributed by atoms with E-state index in [0.29, 0.717) is 11.3 Å². The zero-order chi connectivity index (χ0) is 23.4. The molecule has 0 aliphatic heterocycles. The number of fused-ring (bicyclic) bond motifs is 3. The number of nitrogens with zero attached hydrogens (tertiary/aromatic N) is 2. The van der Waals surface area contributed by atoms with Crippen LogP contribution in [0.1, 0.15) is 36.1 Å². The minimum atomic E-state index is -2.28. The van der Waals surface area contributed by atoms with Crippen LogP contribution in [0.15, 0.2) is 77.3 Å². The summed E-state index contributed by atoms with van der Waals surface area (Å²) < 4.78 is 29.0. The third-order valence-electron chi connectivity index (χ3n) is 5.46. The molecule has 0 N–H and O–H groups in total. The standard InChI is InChI=1S/C27H24N2O/c1-17-11-12-22-21-9-6-10-23(25(21)30-26(22)29-17)24-16-19(13-14-28-24)18-7-5-8-20(15-18)27(2,3)4/h5-16H,1-4H3/i1D3. The van der Waals surface area contributed by atoms with E-state index in [1.807, 2.05) is 24.3 Å². The highest BCUT2D eigenvalue weighted by atomic mass is 16.3. The molecule has 5 rings (SSSR count). The normalized spacial score (nSPS) is 13.9. The number of benzene rings is 2. The summed E-state index contributed by atoms with van der Waals surface area (Å²) in [6.45, 7) is 4.33. The number of hydrogen-bond acceptors (Lipinski definition) is 3. The molecule has 3 heteroatoms. The van der Waals surface area contributed by atoms with E-state index in [0.717, 1.165) is 33.2 Å². The summed E-state index contributed by atoms with van der Waals surface area (Å²) in [4.78, 5) is 8.88. The van der Waals surface area contributed by atoms with Gasteiger partial charge in [0.25, 0.3) is 0 Å². The van der Waals surface area contributed by atoms with Gasteiger partial charge in [0.1, 0.15) is 5.58 Å². The molecular weight excluding hydrogens is 368 g/mol. The molecule has 0 aliphatic carbocycles. The second-order valence-corrected chi connectivity index (χ2v) is 8.59. The van der Waals surface area contributed by atoms with Crippen molar-refractivity contribution in [2.45, 2.75) is 33.0 Å². The maximum Gasteiger partial charge on any atom is 0.227 e. The molecule has 0 saturated heterocycles. The van der Waals surface area contributed by atoms with Gasteiger partial charge in [0.15, 0.2) is 0 Å². The van der Waals surface area contributed by atoms with E-state index in [4.69, 9.17) is 8.53 Å². The summed E-state index contributed by atoms with van der Waals surface area (Å²) in [5.74, 6) is 0. The van der Waals surface area contributed by atoms with Crippen molar-refractivity contribution in [2.24, 2.45) is 0 Å². The predicted octanol–water partition coefficient (Wildman–Crippen LogP) is 7.32. The van der Waals surface area contributed by atoms with Crippen LogP contribution < -0.4 is 0 Å². The lowest BCUT2D eigenvalue weighted by atomic mass is 9.85. The molecule has 2 aromatic carbocycles. The Labute approximate surface area is 180 Å². The van der Waals surface area contributed by atoms with Crippen LogP contribution in [0.5, 0.6) is 0 Å². The minimum Gasteiger partial charge on any atom is -0.437 e. The Morgan fingerprint density at radius 2 is 1.70 bits per heavy atom. The monoisotopic (exact) mass is 395 g/mol. The zero-order valence-electron chi connectivity index (χ0n) is 20.2. The number of hydrogen-bond donors (Lipinski definition) is 0. The molecule has 0 spiro atoms. The molecule has 0 fully saturated rings. The van der Waals surface area contributed by atoms with Crippen LogP contribution in [0.3, 0.4) is 0 Å². The lowest BCUT2D eigenvalue weighted by Crippen LogP contribution is -2.10. The fourth-order valence-corrected chi connectivity index (χ4v) is 3.80. The van der Waals surface area contributed by atoms with Gasteiger partial charge in [0.2, 0.25) is 5.71 Å². The minimum absolute atomic E-state index is 0.0226.